The number of fused-ring (bicyclic) bond motifs is 2. The van der Waals surface area contributed by atoms with Crippen LogP contribution in [0.2, 0.25) is 0 Å². The fraction of sp³-hybridized carbons (Fsp3) is 0.296. The van der Waals surface area contributed by atoms with Gasteiger partial charge in [0.25, 0.3) is 0 Å². The third kappa shape index (κ3) is 5.50. The number of benzene rings is 2. The maximum absolute atomic E-state index is 13.3. The highest BCUT2D eigenvalue weighted by Crippen LogP contribution is 2.24. The van der Waals surface area contributed by atoms with Crippen LogP contribution in [0.3, 0.4) is 0 Å². The molecule has 192 valence electrons. The van der Waals surface area contributed by atoms with Crippen molar-refractivity contribution in [3.63, 3.8) is 0 Å². The number of aliphatic imine (C=N–C) groups is 1. The molecule has 0 amide bonds. The first kappa shape index (κ1) is 24.5. The van der Waals surface area contributed by atoms with Crippen molar-refractivity contribution in [3.05, 3.63) is 65.8 Å². The molecule has 1 aliphatic heterocycles. The lowest BCUT2D eigenvalue weighted by Gasteiger charge is -2.32. The van der Waals surface area contributed by atoms with Crippen molar-refractivity contribution < 1.29 is 9.53 Å². The summed E-state index contributed by atoms with van der Waals surface area (Å²) in [7, 11) is 2.15. The molecule has 5 rings (SSSR count). The number of amidine groups is 1. The summed E-state index contributed by atoms with van der Waals surface area (Å²) in [5, 5.41) is 0.890. The molecular formula is C27H32N8O2. The van der Waals surface area contributed by atoms with E-state index in [2.05, 4.69) is 36.8 Å². The van der Waals surface area contributed by atoms with Crippen molar-refractivity contribution in [2.45, 2.75) is 6.92 Å². The number of rotatable bonds is 8. The number of carbonyl (C=O) groups is 1. The van der Waals surface area contributed by atoms with Gasteiger partial charge in [0.05, 0.1) is 28.0 Å². The highest BCUT2D eigenvalue weighted by molar-refractivity contribution is 6.27. The number of aromatic nitrogens is 3. The summed E-state index contributed by atoms with van der Waals surface area (Å²) in [6.45, 7) is 7.66. The van der Waals surface area contributed by atoms with Gasteiger partial charge in [-0.2, -0.15) is 0 Å². The molecule has 10 nitrogen and oxygen atoms in total. The maximum Gasteiger partial charge on any atom is 0.214 e. The van der Waals surface area contributed by atoms with Gasteiger partial charge in [-0.05, 0) is 50.4 Å². The van der Waals surface area contributed by atoms with Crippen LogP contribution in [0, 0.1) is 6.92 Å². The zero-order valence-electron chi connectivity index (χ0n) is 21.1. The highest BCUT2D eigenvalue weighted by Gasteiger charge is 2.19. The van der Waals surface area contributed by atoms with E-state index in [1.807, 2.05) is 37.3 Å². The van der Waals surface area contributed by atoms with Gasteiger partial charge >= 0.3 is 0 Å². The first-order chi connectivity index (χ1) is 17.9. The number of likely N-dealkylation sites (N-methyl/N-ethyl adjacent to an activating group) is 1. The van der Waals surface area contributed by atoms with Crippen molar-refractivity contribution in [2.75, 3.05) is 46.4 Å². The molecule has 3 heterocycles. The van der Waals surface area contributed by atoms with E-state index in [-0.39, 0.29) is 17.2 Å². The molecule has 0 aliphatic carbocycles. The summed E-state index contributed by atoms with van der Waals surface area (Å²) in [5.74, 6) is 1.26. The lowest BCUT2D eigenvalue weighted by atomic mass is 10.1. The van der Waals surface area contributed by atoms with Crippen LogP contribution in [-0.4, -0.2) is 82.7 Å². The van der Waals surface area contributed by atoms with Gasteiger partial charge in [0.2, 0.25) is 5.78 Å². The Kier molecular flexibility index (Phi) is 6.93. The van der Waals surface area contributed by atoms with Gasteiger partial charge < -0.3 is 31.1 Å². The number of ether oxygens (including phenoxy) is 1. The van der Waals surface area contributed by atoms with Crippen LogP contribution in [0.25, 0.3) is 21.9 Å². The summed E-state index contributed by atoms with van der Waals surface area (Å²) >= 11 is 0. The monoisotopic (exact) mass is 500 g/mol. The van der Waals surface area contributed by atoms with Gasteiger partial charge in [-0.25, -0.2) is 9.98 Å². The molecule has 2 aromatic heterocycles. The SMILES string of the molecule is Cc1nc2ccc(N=C(N)C(=CN)C(=O)c3cc4ccc(OCCN5CCN(C)CC5)cc4[nH]3)cc2[nH]1. The van der Waals surface area contributed by atoms with Gasteiger partial charge in [-0.15, -0.1) is 0 Å². The largest absolute Gasteiger partial charge is 0.492 e. The summed E-state index contributed by atoms with van der Waals surface area (Å²) in [6, 6.07) is 13.0. The molecule has 1 saturated heterocycles. The molecule has 6 N–H and O–H groups in total. The number of nitrogens with zero attached hydrogens (tertiary/aromatic N) is 4. The summed E-state index contributed by atoms with van der Waals surface area (Å²) in [4.78, 5) is 33.1. The van der Waals surface area contributed by atoms with Crippen LogP contribution in [0.15, 0.2) is 59.2 Å². The number of hydrogen-bond donors (Lipinski definition) is 4. The van der Waals surface area contributed by atoms with E-state index in [0.29, 0.717) is 18.0 Å². The minimum atomic E-state index is -0.337. The molecule has 0 bridgehead atoms. The molecule has 0 saturated carbocycles. The Morgan fingerprint density at radius 1 is 1.11 bits per heavy atom. The van der Waals surface area contributed by atoms with Gasteiger partial charge in [0.1, 0.15) is 24.0 Å². The Morgan fingerprint density at radius 3 is 2.70 bits per heavy atom. The Balaban J connectivity index is 1.27. The smallest absolute Gasteiger partial charge is 0.214 e. The van der Waals surface area contributed by atoms with Crippen molar-refractivity contribution in [1.29, 1.82) is 0 Å². The molecule has 1 fully saturated rings. The third-order valence-corrected chi connectivity index (χ3v) is 6.63. The Morgan fingerprint density at radius 2 is 1.92 bits per heavy atom. The number of imidazole rings is 1. The fourth-order valence-electron chi connectivity index (χ4n) is 4.50. The normalized spacial score (nSPS) is 16.1. The van der Waals surface area contributed by atoms with Crippen molar-refractivity contribution >= 4 is 39.2 Å². The second kappa shape index (κ2) is 10.5. The Labute approximate surface area is 215 Å². The molecule has 4 aromatic rings. The third-order valence-electron chi connectivity index (χ3n) is 6.63. The van der Waals surface area contributed by atoms with Crippen LogP contribution in [0.1, 0.15) is 16.3 Å². The van der Waals surface area contributed by atoms with Crippen LogP contribution >= 0.6 is 0 Å². The predicted octanol–water partition coefficient (Wildman–Crippen LogP) is 2.69. The van der Waals surface area contributed by atoms with E-state index in [9.17, 15) is 4.79 Å². The Bertz CT molecular complexity index is 1490. The molecule has 0 spiro atoms. The standard InChI is InChI=1S/C27H32N8O2/c1-17-30-22-6-4-19(14-24(22)31-17)32-27(29)21(16-28)26(36)25-13-18-3-5-20(15-23(18)33-25)37-12-11-35-9-7-34(2)8-10-35/h3-6,13-16,33H,7-12,28H2,1-2H3,(H2,29,32)(H,30,31). The van der Waals surface area contributed by atoms with Crippen molar-refractivity contribution in [1.82, 2.24) is 24.8 Å². The minimum absolute atomic E-state index is 0.0367. The zero-order valence-corrected chi connectivity index (χ0v) is 21.1. The van der Waals surface area contributed by atoms with E-state index in [1.54, 1.807) is 12.1 Å². The highest BCUT2D eigenvalue weighted by atomic mass is 16.5. The lowest BCUT2D eigenvalue weighted by Crippen LogP contribution is -2.45. The number of carbonyl (C=O) groups excluding carboxylic acids is 1. The predicted molar refractivity (Wildman–Crippen MR) is 146 cm³/mol. The fourth-order valence-corrected chi connectivity index (χ4v) is 4.50. The first-order valence-corrected chi connectivity index (χ1v) is 12.3. The summed E-state index contributed by atoms with van der Waals surface area (Å²) in [6.07, 6.45) is 1.19. The van der Waals surface area contributed by atoms with E-state index in [0.717, 1.165) is 66.2 Å². The number of H-pyrrole nitrogens is 2. The first-order valence-electron chi connectivity index (χ1n) is 12.3. The van der Waals surface area contributed by atoms with E-state index in [4.69, 9.17) is 16.2 Å². The quantitative estimate of drug-likeness (QED) is 0.126. The van der Waals surface area contributed by atoms with Gasteiger partial charge in [-0.3, -0.25) is 9.69 Å². The average Bonchev–Trinajstić information content (AvgIpc) is 3.47. The molecule has 10 heteroatoms. The molecule has 2 aromatic carbocycles. The molecule has 0 atom stereocenters. The van der Waals surface area contributed by atoms with E-state index < -0.39 is 0 Å². The second-order valence-electron chi connectivity index (χ2n) is 9.36. The van der Waals surface area contributed by atoms with Gasteiger partial charge in [0, 0.05) is 55.9 Å². The second-order valence-corrected chi connectivity index (χ2v) is 9.36. The van der Waals surface area contributed by atoms with Gasteiger partial charge in [-0.1, -0.05) is 0 Å². The van der Waals surface area contributed by atoms with Crippen molar-refractivity contribution in [2.24, 2.45) is 16.5 Å². The van der Waals surface area contributed by atoms with Crippen LogP contribution in [0.4, 0.5) is 5.69 Å². The summed E-state index contributed by atoms with van der Waals surface area (Å²) < 4.78 is 5.98. The number of aromatic amines is 2. The van der Waals surface area contributed by atoms with Crippen LogP contribution in [0.5, 0.6) is 5.75 Å². The minimum Gasteiger partial charge on any atom is -0.492 e. The number of Topliss-reactive ketones (excluding diaryl/α,β-unsaturated/α-hetero) is 1. The summed E-state index contributed by atoms with van der Waals surface area (Å²) in [5.41, 5.74) is 15.6. The number of hydrogen-bond acceptors (Lipinski definition) is 7. The number of nitrogens with one attached hydrogen (secondary N) is 2. The lowest BCUT2D eigenvalue weighted by molar-refractivity contribution is 0.103. The average molecular weight is 501 g/mol. The Hall–Kier alpha value is -4.15. The molecule has 0 unspecified atom stereocenters. The number of ketones is 1. The molecule has 0 radical (unpaired) electrons. The van der Waals surface area contributed by atoms with E-state index >= 15 is 0 Å². The van der Waals surface area contributed by atoms with E-state index in [1.165, 1.54) is 6.20 Å². The van der Waals surface area contributed by atoms with Crippen LogP contribution in [-0.2, 0) is 0 Å². The molecule has 1 aliphatic rings. The van der Waals surface area contributed by atoms with Crippen LogP contribution < -0.4 is 16.2 Å². The maximum atomic E-state index is 13.3. The molecular weight excluding hydrogens is 468 g/mol. The number of piperazine rings is 1. The number of aryl methyl sites for hydroxylation is 1. The number of nitrogens with two attached hydrogens (primary N) is 2. The molecule has 37 heavy (non-hydrogen) atoms. The van der Waals surface area contributed by atoms with Crippen molar-refractivity contribution in [3.8, 4) is 5.75 Å². The zero-order chi connectivity index (χ0) is 25.9. The topological polar surface area (TPSA) is 142 Å². The van der Waals surface area contributed by atoms with Gasteiger partial charge in [0.15, 0.2) is 0 Å².